The number of hydrogen-bond acceptors (Lipinski definition) is 5. The molecule has 8 heteroatoms. The number of hydrogen-bond donors (Lipinski definition) is 1. The molecule has 126 valence electrons. The van der Waals surface area contributed by atoms with Crippen molar-refractivity contribution in [3.05, 3.63) is 52.6 Å². The molecule has 0 saturated carbocycles. The van der Waals surface area contributed by atoms with Gasteiger partial charge in [0.1, 0.15) is 18.4 Å². The number of nitrogens with zero attached hydrogens (tertiary/aromatic N) is 2. The number of amides is 1. The standard InChI is InChI=1S/C16H16FN3O4/c1-10(16(23)24-2)18-14(21)9-20-15(22)8-7-13(19-20)11-5-3-4-6-12(11)17/h3-8,10H,9H2,1-2H3,(H,18,21)/t10-/m1/s1. The van der Waals surface area contributed by atoms with E-state index in [0.717, 1.165) is 4.68 Å². The lowest BCUT2D eigenvalue weighted by atomic mass is 10.1. The summed E-state index contributed by atoms with van der Waals surface area (Å²) in [6.45, 7) is 1.05. The number of benzene rings is 1. The molecule has 2 aromatic rings. The molecule has 0 fully saturated rings. The van der Waals surface area contributed by atoms with Gasteiger partial charge in [-0.3, -0.25) is 9.59 Å². The first-order valence-electron chi connectivity index (χ1n) is 7.12. The molecule has 0 unspecified atom stereocenters. The molecule has 0 aliphatic rings. The molecule has 1 heterocycles. The monoisotopic (exact) mass is 333 g/mol. The van der Waals surface area contributed by atoms with E-state index >= 15 is 0 Å². The second-order valence-corrected chi connectivity index (χ2v) is 5.01. The summed E-state index contributed by atoms with van der Waals surface area (Å²) in [6, 6.07) is 7.70. The highest BCUT2D eigenvalue weighted by atomic mass is 19.1. The largest absolute Gasteiger partial charge is 0.467 e. The van der Waals surface area contributed by atoms with Crippen LogP contribution in [0.2, 0.25) is 0 Å². The SMILES string of the molecule is COC(=O)[C@@H](C)NC(=O)Cn1nc(-c2ccccc2F)ccc1=O. The van der Waals surface area contributed by atoms with E-state index in [1.54, 1.807) is 6.07 Å². The molecule has 0 aliphatic heterocycles. The summed E-state index contributed by atoms with van der Waals surface area (Å²) in [5, 5.41) is 6.39. The molecule has 1 aromatic carbocycles. The van der Waals surface area contributed by atoms with Gasteiger partial charge in [0.05, 0.1) is 12.8 Å². The van der Waals surface area contributed by atoms with Crippen molar-refractivity contribution in [2.24, 2.45) is 0 Å². The van der Waals surface area contributed by atoms with E-state index in [4.69, 9.17) is 0 Å². The summed E-state index contributed by atoms with van der Waals surface area (Å²) in [6.07, 6.45) is 0. The number of ether oxygens (including phenoxy) is 1. The maximum atomic E-state index is 13.8. The highest BCUT2D eigenvalue weighted by molar-refractivity contribution is 5.83. The van der Waals surface area contributed by atoms with Gasteiger partial charge in [-0.25, -0.2) is 13.9 Å². The van der Waals surface area contributed by atoms with Crippen LogP contribution < -0.4 is 10.9 Å². The molecule has 0 radical (unpaired) electrons. The van der Waals surface area contributed by atoms with Crippen molar-refractivity contribution in [3.8, 4) is 11.3 Å². The first-order chi connectivity index (χ1) is 11.4. The second-order valence-electron chi connectivity index (χ2n) is 5.01. The van der Waals surface area contributed by atoms with E-state index in [1.165, 1.54) is 44.4 Å². The zero-order valence-corrected chi connectivity index (χ0v) is 13.2. The van der Waals surface area contributed by atoms with Gasteiger partial charge in [0, 0.05) is 11.6 Å². The predicted molar refractivity (Wildman–Crippen MR) is 83.5 cm³/mol. The fourth-order valence-corrected chi connectivity index (χ4v) is 2.03. The average molecular weight is 333 g/mol. The molecule has 7 nitrogen and oxygen atoms in total. The van der Waals surface area contributed by atoms with Gasteiger partial charge < -0.3 is 10.1 Å². The molecule has 1 atom stereocenters. The fourth-order valence-electron chi connectivity index (χ4n) is 2.03. The third-order valence-electron chi connectivity index (χ3n) is 3.24. The number of carbonyl (C=O) groups excluding carboxylic acids is 2. The Bertz CT molecular complexity index is 819. The normalized spacial score (nSPS) is 11.6. The Labute approximate surface area is 137 Å². The van der Waals surface area contributed by atoms with Crippen molar-refractivity contribution in [3.63, 3.8) is 0 Å². The van der Waals surface area contributed by atoms with Crippen molar-refractivity contribution < 1.29 is 18.7 Å². The van der Waals surface area contributed by atoms with Crippen molar-refractivity contribution >= 4 is 11.9 Å². The molecule has 24 heavy (non-hydrogen) atoms. The van der Waals surface area contributed by atoms with E-state index in [1.807, 2.05) is 0 Å². The van der Waals surface area contributed by atoms with Crippen molar-refractivity contribution in [2.75, 3.05) is 7.11 Å². The van der Waals surface area contributed by atoms with Crippen LogP contribution in [0.5, 0.6) is 0 Å². The van der Waals surface area contributed by atoms with Crippen LogP contribution >= 0.6 is 0 Å². The highest BCUT2D eigenvalue weighted by Gasteiger charge is 2.17. The Kier molecular flexibility index (Phi) is 5.41. The molecule has 1 aromatic heterocycles. The minimum atomic E-state index is -0.854. The molecule has 2 rings (SSSR count). The topological polar surface area (TPSA) is 90.3 Å². The summed E-state index contributed by atoms with van der Waals surface area (Å²) in [5.41, 5.74) is -0.0768. The van der Waals surface area contributed by atoms with Crippen molar-refractivity contribution in [1.82, 2.24) is 15.1 Å². The molecule has 0 spiro atoms. The van der Waals surface area contributed by atoms with Gasteiger partial charge in [-0.1, -0.05) is 12.1 Å². The number of rotatable bonds is 5. The molecule has 0 aliphatic carbocycles. The van der Waals surface area contributed by atoms with E-state index in [-0.39, 0.29) is 11.3 Å². The zero-order chi connectivity index (χ0) is 17.7. The van der Waals surface area contributed by atoms with Gasteiger partial charge in [-0.05, 0) is 25.1 Å². The van der Waals surface area contributed by atoms with E-state index < -0.39 is 35.8 Å². The van der Waals surface area contributed by atoms with E-state index in [9.17, 15) is 18.8 Å². The third kappa shape index (κ3) is 4.03. The van der Waals surface area contributed by atoms with Gasteiger partial charge in [0.15, 0.2) is 0 Å². The number of halogens is 1. The lowest BCUT2D eigenvalue weighted by Gasteiger charge is -2.12. The van der Waals surface area contributed by atoms with Crippen LogP contribution in [0, 0.1) is 5.82 Å². The number of carbonyl (C=O) groups is 2. The third-order valence-corrected chi connectivity index (χ3v) is 3.24. The van der Waals surface area contributed by atoms with Crippen molar-refractivity contribution in [1.29, 1.82) is 0 Å². The zero-order valence-electron chi connectivity index (χ0n) is 13.2. The molecule has 0 saturated heterocycles. The Hall–Kier alpha value is -3.03. The van der Waals surface area contributed by atoms with Gasteiger partial charge in [0.25, 0.3) is 5.56 Å². The summed E-state index contributed by atoms with van der Waals surface area (Å²) >= 11 is 0. The maximum Gasteiger partial charge on any atom is 0.328 e. The summed E-state index contributed by atoms with van der Waals surface area (Å²) < 4.78 is 19.2. The number of nitrogens with one attached hydrogen (secondary N) is 1. The summed E-state index contributed by atoms with van der Waals surface area (Å²) in [7, 11) is 1.20. The average Bonchev–Trinajstić information content (AvgIpc) is 2.56. The van der Waals surface area contributed by atoms with Crippen LogP contribution in [-0.4, -0.2) is 34.8 Å². The van der Waals surface area contributed by atoms with Crippen LogP contribution in [-0.2, 0) is 20.9 Å². The van der Waals surface area contributed by atoms with Crippen LogP contribution in [0.3, 0.4) is 0 Å². The summed E-state index contributed by atoms with van der Waals surface area (Å²) in [4.78, 5) is 35.0. The minimum absolute atomic E-state index is 0.217. The molecule has 1 N–H and O–H groups in total. The molecular formula is C16H16FN3O4. The van der Waals surface area contributed by atoms with Crippen LogP contribution in [0.25, 0.3) is 11.3 Å². The van der Waals surface area contributed by atoms with Gasteiger partial charge in [-0.15, -0.1) is 0 Å². The van der Waals surface area contributed by atoms with Gasteiger partial charge in [-0.2, -0.15) is 5.10 Å². The second kappa shape index (κ2) is 7.49. The van der Waals surface area contributed by atoms with Gasteiger partial charge >= 0.3 is 5.97 Å². The number of esters is 1. The highest BCUT2D eigenvalue weighted by Crippen LogP contribution is 2.18. The van der Waals surface area contributed by atoms with Crippen LogP contribution in [0.15, 0.2) is 41.2 Å². The van der Waals surface area contributed by atoms with Crippen LogP contribution in [0.1, 0.15) is 6.92 Å². The van der Waals surface area contributed by atoms with E-state index in [2.05, 4.69) is 15.2 Å². The molecule has 1 amide bonds. The Morgan fingerprint density at radius 3 is 2.67 bits per heavy atom. The fraction of sp³-hybridized carbons (Fsp3) is 0.250. The summed E-state index contributed by atoms with van der Waals surface area (Å²) in [5.74, 6) is -1.68. The van der Waals surface area contributed by atoms with Crippen LogP contribution in [0.4, 0.5) is 4.39 Å². The maximum absolute atomic E-state index is 13.8. The number of methoxy groups -OCH3 is 1. The Morgan fingerprint density at radius 2 is 2.00 bits per heavy atom. The first-order valence-corrected chi connectivity index (χ1v) is 7.12. The van der Waals surface area contributed by atoms with E-state index in [0.29, 0.717) is 0 Å². The first kappa shape index (κ1) is 17.3. The predicted octanol–water partition coefficient (Wildman–Crippen LogP) is 0.727. The smallest absolute Gasteiger partial charge is 0.328 e. The Morgan fingerprint density at radius 1 is 1.29 bits per heavy atom. The van der Waals surface area contributed by atoms with Crippen molar-refractivity contribution in [2.45, 2.75) is 19.5 Å². The molecule has 0 bridgehead atoms. The van der Waals surface area contributed by atoms with Gasteiger partial charge in [0.2, 0.25) is 5.91 Å². The lowest BCUT2D eigenvalue weighted by Crippen LogP contribution is -2.42. The number of aromatic nitrogens is 2. The quantitative estimate of drug-likeness (QED) is 0.815. The minimum Gasteiger partial charge on any atom is -0.467 e. The Balaban J connectivity index is 2.21. The molecular weight excluding hydrogens is 317 g/mol. The lowest BCUT2D eigenvalue weighted by molar-refractivity contribution is -0.144.